The van der Waals surface area contributed by atoms with Gasteiger partial charge in [0.1, 0.15) is 34.5 Å². The van der Waals surface area contributed by atoms with Crippen molar-refractivity contribution in [2.24, 2.45) is 17.6 Å². The number of hydrogen-bond acceptors (Lipinski definition) is 11. The fourth-order valence-electron chi connectivity index (χ4n) is 7.61. The molecule has 2 aromatic rings. The number of hydrogen-bond donors (Lipinski definition) is 3. The highest BCUT2D eigenvalue weighted by Crippen LogP contribution is 2.44. The lowest BCUT2D eigenvalue weighted by Crippen LogP contribution is -2.53. The fourth-order valence-corrected chi connectivity index (χ4v) is 9.85. The third-order valence-electron chi connectivity index (χ3n) is 11.5. The van der Waals surface area contributed by atoms with Crippen molar-refractivity contribution in [3.8, 4) is 16.6 Å². The first kappa shape index (κ1) is 43.5. The molecule has 6 rings (SSSR count). The first-order valence-electron chi connectivity index (χ1n) is 20.8. The van der Waals surface area contributed by atoms with Crippen LogP contribution in [0.25, 0.3) is 10.7 Å². The number of aromatic nitrogens is 2. The highest BCUT2D eigenvalue weighted by molar-refractivity contribution is 7.91. The predicted octanol–water partition coefficient (Wildman–Crippen LogP) is 6.08. The number of rotatable bonds is 17. The van der Waals surface area contributed by atoms with Gasteiger partial charge in [0.05, 0.1) is 17.0 Å². The van der Waals surface area contributed by atoms with E-state index in [1.54, 1.807) is 39.0 Å². The van der Waals surface area contributed by atoms with Gasteiger partial charge in [0.15, 0.2) is 0 Å². The molecule has 4 amide bonds. The number of unbranched alkanes of at least 4 members (excludes halogenated alkanes) is 3. The van der Waals surface area contributed by atoms with Gasteiger partial charge >= 0.3 is 6.09 Å². The maximum absolute atomic E-state index is 14.3. The van der Waals surface area contributed by atoms with E-state index in [9.17, 15) is 27.6 Å². The van der Waals surface area contributed by atoms with Gasteiger partial charge in [-0.2, -0.15) is 0 Å². The Hall–Kier alpha value is -4.05. The SMILES string of the molecule is CC(C)c1csc(-c2cc3c(c(O[C@@H]4C[C@@H](C(N)=O)N(C(=O)[C@H](CCCCC/C=C\[C@@H]5C[C@@H]5C(=O)NS(=O)(=O)C5(C)CC5)NC(=O)OC(C)(C)C)C4)n2)CCCC3)n1. The van der Waals surface area contributed by atoms with Gasteiger partial charge < -0.3 is 25.4 Å². The number of alkyl carbamates (subject to hydrolysis) is 1. The first-order chi connectivity index (χ1) is 27.3. The molecule has 3 aliphatic carbocycles. The summed E-state index contributed by atoms with van der Waals surface area (Å²) in [6.45, 7) is 11.2. The number of nitrogens with zero attached hydrogens (tertiary/aromatic N) is 3. The minimum Gasteiger partial charge on any atom is -0.472 e. The molecule has 16 heteroatoms. The summed E-state index contributed by atoms with van der Waals surface area (Å²) in [7, 11) is -3.64. The molecule has 1 aliphatic heterocycles. The molecule has 2 saturated carbocycles. The molecular weight excluding hydrogens is 781 g/mol. The molecule has 3 fully saturated rings. The van der Waals surface area contributed by atoms with E-state index in [1.807, 2.05) is 12.2 Å². The van der Waals surface area contributed by atoms with Crippen LogP contribution >= 0.6 is 11.3 Å². The Kier molecular flexibility index (Phi) is 13.3. The van der Waals surface area contributed by atoms with Gasteiger partial charge in [0, 0.05) is 23.3 Å². The van der Waals surface area contributed by atoms with Crippen LogP contribution in [-0.2, 0) is 42.0 Å². The number of carbonyl (C=O) groups is 4. The molecule has 4 aliphatic rings. The summed E-state index contributed by atoms with van der Waals surface area (Å²) in [6, 6.07) is 0.225. The average Bonchev–Trinajstić information content (AvgIpc) is 3.98. The van der Waals surface area contributed by atoms with Crippen molar-refractivity contribution in [2.75, 3.05) is 6.54 Å². The highest BCUT2D eigenvalue weighted by atomic mass is 32.2. The molecule has 14 nitrogen and oxygen atoms in total. The Morgan fingerprint density at radius 3 is 2.50 bits per heavy atom. The van der Waals surface area contributed by atoms with Gasteiger partial charge in [0.2, 0.25) is 33.6 Å². The summed E-state index contributed by atoms with van der Waals surface area (Å²) in [5, 5.41) is 5.64. The van der Waals surface area contributed by atoms with Crippen molar-refractivity contribution >= 4 is 45.2 Å². The van der Waals surface area contributed by atoms with Gasteiger partial charge in [0.25, 0.3) is 0 Å². The van der Waals surface area contributed by atoms with Crippen LogP contribution in [0.1, 0.15) is 135 Å². The molecule has 4 N–H and O–H groups in total. The molecule has 58 heavy (non-hydrogen) atoms. The zero-order valence-corrected chi connectivity index (χ0v) is 36.3. The summed E-state index contributed by atoms with van der Waals surface area (Å²) < 4.78 is 38.4. The second kappa shape index (κ2) is 17.7. The minimum absolute atomic E-state index is 0.0229. The van der Waals surface area contributed by atoms with Gasteiger partial charge in [-0.3, -0.25) is 19.1 Å². The number of carbonyl (C=O) groups excluding carboxylic acids is 4. The van der Waals surface area contributed by atoms with E-state index >= 15 is 0 Å². The molecule has 3 heterocycles. The maximum Gasteiger partial charge on any atom is 0.408 e. The normalized spacial score (nSPS) is 23.0. The standard InChI is InChI=1S/C42H60N6O8S2/c1-25(2)33-24-57-38(45-33)32-21-27-15-12-13-16-29(27)37(44-32)55-28-22-34(35(43)49)48(23-28)39(51)31(46-40(52)56-41(3,4)5)17-11-9-7-8-10-14-26-20-30(26)36(50)47-58(53,54)42(6)18-19-42/h10,14,21,24-26,28,30-31,34H,7-9,11-13,15-20,22-23H2,1-6H3,(H2,43,49)(H,46,52)(H,47,50)/b14-10-/t26-,28-,30+,31+,34+/m1/s1. The lowest BCUT2D eigenvalue weighted by atomic mass is 9.92. The van der Waals surface area contributed by atoms with Crippen molar-refractivity contribution in [1.82, 2.24) is 24.9 Å². The Labute approximate surface area is 346 Å². The van der Waals surface area contributed by atoms with Crippen LogP contribution in [0.15, 0.2) is 23.6 Å². The zero-order valence-electron chi connectivity index (χ0n) is 34.7. The number of ether oxygens (including phenoxy) is 2. The van der Waals surface area contributed by atoms with Crippen LogP contribution in [0.5, 0.6) is 5.88 Å². The minimum atomic E-state index is -3.64. The van der Waals surface area contributed by atoms with Crippen molar-refractivity contribution in [3.05, 3.63) is 40.4 Å². The van der Waals surface area contributed by atoms with Crippen molar-refractivity contribution in [2.45, 2.75) is 159 Å². The quantitative estimate of drug-likeness (QED) is 0.124. The molecule has 318 valence electrons. The van der Waals surface area contributed by atoms with Crippen molar-refractivity contribution in [3.63, 3.8) is 0 Å². The number of pyridine rings is 1. The second-order valence-corrected chi connectivity index (χ2v) is 21.0. The smallest absolute Gasteiger partial charge is 0.408 e. The maximum atomic E-state index is 14.3. The topological polar surface area (TPSA) is 200 Å². The van der Waals surface area contributed by atoms with Crippen LogP contribution in [0.2, 0.25) is 0 Å². The van der Waals surface area contributed by atoms with Crippen LogP contribution in [0.4, 0.5) is 4.79 Å². The number of thiazole rings is 1. The third kappa shape index (κ3) is 10.8. The monoisotopic (exact) mass is 840 g/mol. The lowest BCUT2D eigenvalue weighted by Gasteiger charge is -2.28. The summed E-state index contributed by atoms with van der Waals surface area (Å²) in [5.41, 5.74) is 9.09. The summed E-state index contributed by atoms with van der Waals surface area (Å²) >= 11 is 1.55. The average molecular weight is 841 g/mol. The number of sulfonamides is 1. The Morgan fingerprint density at radius 2 is 1.83 bits per heavy atom. The molecular formula is C42H60N6O8S2. The van der Waals surface area contributed by atoms with Gasteiger partial charge in [-0.25, -0.2) is 23.2 Å². The van der Waals surface area contributed by atoms with Crippen LogP contribution in [-0.4, -0.2) is 82.2 Å². The van der Waals surface area contributed by atoms with E-state index in [4.69, 9.17) is 25.2 Å². The number of likely N-dealkylation sites (tertiary alicyclic amines) is 1. The predicted molar refractivity (Wildman–Crippen MR) is 221 cm³/mol. The van der Waals surface area contributed by atoms with E-state index in [0.717, 1.165) is 66.9 Å². The van der Waals surface area contributed by atoms with Crippen LogP contribution in [0, 0.1) is 11.8 Å². The number of aryl methyl sites for hydroxylation is 1. The summed E-state index contributed by atoms with van der Waals surface area (Å²) in [4.78, 5) is 63.8. The van der Waals surface area contributed by atoms with Crippen LogP contribution in [0.3, 0.4) is 0 Å². The molecule has 0 aromatic carbocycles. The molecule has 0 spiro atoms. The highest BCUT2D eigenvalue weighted by Gasteiger charge is 2.52. The molecule has 0 bridgehead atoms. The number of fused-ring (bicyclic) bond motifs is 1. The third-order valence-corrected chi connectivity index (χ3v) is 14.6. The molecule has 0 radical (unpaired) electrons. The largest absolute Gasteiger partial charge is 0.472 e. The fraction of sp³-hybridized carbons (Fsp3) is 0.667. The van der Waals surface area contributed by atoms with E-state index in [2.05, 4.69) is 35.3 Å². The number of primary amides is 1. The first-order valence-corrected chi connectivity index (χ1v) is 23.2. The molecule has 5 atom stereocenters. The van der Waals surface area contributed by atoms with Crippen molar-refractivity contribution < 1.29 is 37.1 Å². The number of nitrogens with one attached hydrogen (secondary N) is 2. The molecule has 0 unspecified atom stereocenters. The van der Waals surface area contributed by atoms with Crippen LogP contribution < -0.4 is 20.5 Å². The summed E-state index contributed by atoms with van der Waals surface area (Å²) in [5.74, 6) is -1.01. The molecule has 2 aromatic heterocycles. The second-order valence-electron chi connectivity index (χ2n) is 18.0. The van der Waals surface area contributed by atoms with E-state index in [0.29, 0.717) is 38.0 Å². The van der Waals surface area contributed by atoms with Gasteiger partial charge in [-0.15, -0.1) is 11.3 Å². The van der Waals surface area contributed by atoms with E-state index in [1.165, 1.54) is 10.5 Å². The summed E-state index contributed by atoms with van der Waals surface area (Å²) in [6.07, 6.45) is 11.7. The Bertz CT molecular complexity index is 2000. The Balaban J connectivity index is 1.07. The Morgan fingerprint density at radius 1 is 1.09 bits per heavy atom. The number of amides is 4. The van der Waals surface area contributed by atoms with Gasteiger partial charge in [-0.1, -0.05) is 38.8 Å². The molecule has 1 saturated heterocycles. The lowest BCUT2D eigenvalue weighted by molar-refractivity contribution is -0.139. The zero-order chi connectivity index (χ0) is 42.0. The number of allylic oxidation sites excluding steroid dienone is 2. The number of nitrogens with two attached hydrogens (primary N) is 1. The van der Waals surface area contributed by atoms with Crippen molar-refractivity contribution in [1.29, 1.82) is 0 Å². The van der Waals surface area contributed by atoms with E-state index in [-0.39, 0.29) is 30.7 Å². The van der Waals surface area contributed by atoms with E-state index < -0.39 is 62.4 Å². The van der Waals surface area contributed by atoms with Gasteiger partial charge in [-0.05, 0) is 115 Å².